The van der Waals surface area contributed by atoms with Gasteiger partial charge in [0.2, 0.25) is 0 Å². The van der Waals surface area contributed by atoms with Gasteiger partial charge in [0.15, 0.2) is 0 Å². The van der Waals surface area contributed by atoms with Crippen LogP contribution in [0.1, 0.15) is 24.1 Å². The summed E-state index contributed by atoms with van der Waals surface area (Å²) in [4.78, 5) is 10.6. The molecule has 0 fully saturated rings. The van der Waals surface area contributed by atoms with Crippen LogP contribution in [0.15, 0.2) is 53.0 Å². The molecular formula is C15H15BrN2O2. The number of nitro benzene ring substituents is 1. The largest absolute Gasteiger partial charge is 0.306 e. The van der Waals surface area contributed by atoms with E-state index in [9.17, 15) is 10.1 Å². The Bertz CT molecular complexity index is 616. The van der Waals surface area contributed by atoms with Gasteiger partial charge in [-0.25, -0.2) is 0 Å². The maximum Gasteiger partial charge on any atom is 0.273 e. The SMILES string of the molecule is C[C@@H](NCc1ccccc1[N+](=O)[O-])c1ccccc1Br. The molecule has 4 nitrogen and oxygen atoms in total. The summed E-state index contributed by atoms with van der Waals surface area (Å²) in [6, 6.07) is 14.8. The van der Waals surface area contributed by atoms with Crippen molar-refractivity contribution < 1.29 is 4.92 Å². The van der Waals surface area contributed by atoms with E-state index >= 15 is 0 Å². The number of benzene rings is 2. The van der Waals surface area contributed by atoms with E-state index in [1.165, 1.54) is 6.07 Å². The summed E-state index contributed by atoms with van der Waals surface area (Å²) < 4.78 is 1.03. The van der Waals surface area contributed by atoms with Gasteiger partial charge in [0.1, 0.15) is 0 Å². The first kappa shape index (κ1) is 14.7. The Morgan fingerprint density at radius 1 is 1.20 bits per heavy atom. The molecule has 0 aromatic heterocycles. The third-order valence-corrected chi connectivity index (χ3v) is 3.88. The highest BCUT2D eigenvalue weighted by atomic mass is 79.9. The summed E-state index contributed by atoms with van der Waals surface area (Å²) in [5, 5.41) is 14.3. The third-order valence-electron chi connectivity index (χ3n) is 3.16. The van der Waals surface area contributed by atoms with E-state index < -0.39 is 0 Å². The first-order valence-electron chi connectivity index (χ1n) is 6.29. The Hall–Kier alpha value is -1.72. The smallest absolute Gasteiger partial charge is 0.273 e. The molecule has 0 saturated heterocycles. The zero-order valence-corrected chi connectivity index (χ0v) is 12.6. The normalized spacial score (nSPS) is 12.1. The van der Waals surface area contributed by atoms with Crippen molar-refractivity contribution in [2.24, 2.45) is 0 Å². The molecule has 2 aromatic carbocycles. The molecule has 2 aromatic rings. The quantitative estimate of drug-likeness (QED) is 0.658. The molecule has 0 aliphatic carbocycles. The molecule has 0 heterocycles. The summed E-state index contributed by atoms with van der Waals surface area (Å²) in [5.41, 5.74) is 1.97. The van der Waals surface area contributed by atoms with Crippen LogP contribution in [-0.4, -0.2) is 4.92 Å². The van der Waals surface area contributed by atoms with E-state index in [2.05, 4.69) is 21.2 Å². The lowest BCUT2D eigenvalue weighted by atomic mass is 10.1. The summed E-state index contributed by atoms with van der Waals surface area (Å²) >= 11 is 3.51. The van der Waals surface area contributed by atoms with Crippen LogP contribution >= 0.6 is 15.9 Å². The highest BCUT2D eigenvalue weighted by molar-refractivity contribution is 9.10. The number of nitro groups is 1. The van der Waals surface area contributed by atoms with Crippen molar-refractivity contribution in [3.05, 3.63) is 74.2 Å². The topological polar surface area (TPSA) is 55.2 Å². The molecule has 104 valence electrons. The van der Waals surface area contributed by atoms with E-state index in [0.29, 0.717) is 12.1 Å². The number of hydrogen-bond acceptors (Lipinski definition) is 3. The molecule has 0 amide bonds. The number of rotatable bonds is 5. The van der Waals surface area contributed by atoms with E-state index in [0.717, 1.165) is 10.0 Å². The molecule has 20 heavy (non-hydrogen) atoms. The number of para-hydroxylation sites is 1. The van der Waals surface area contributed by atoms with Gasteiger partial charge in [-0.1, -0.05) is 52.3 Å². The Kier molecular flexibility index (Phi) is 4.87. The molecule has 0 unspecified atom stereocenters. The first-order chi connectivity index (χ1) is 9.59. The zero-order valence-electron chi connectivity index (χ0n) is 11.0. The van der Waals surface area contributed by atoms with Crippen LogP contribution in [0.5, 0.6) is 0 Å². The lowest BCUT2D eigenvalue weighted by molar-refractivity contribution is -0.385. The molecule has 0 bridgehead atoms. The first-order valence-corrected chi connectivity index (χ1v) is 7.09. The van der Waals surface area contributed by atoms with Crippen molar-refractivity contribution in [3.8, 4) is 0 Å². The van der Waals surface area contributed by atoms with Crippen LogP contribution in [0.2, 0.25) is 0 Å². The molecule has 0 saturated carbocycles. The maximum atomic E-state index is 11.0. The van der Waals surface area contributed by atoms with E-state index in [4.69, 9.17) is 0 Å². The Labute approximate surface area is 126 Å². The van der Waals surface area contributed by atoms with Crippen molar-refractivity contribution in [1.29, 1.82) is 0 Å². The lowest BCUT2D eigenvalue weighted by Gasteiger charge is -2.15. The van der Waals surface area contributed by atoms with E-state index in [1.54, 1.807) is 12.1 Å². The third kappa shape index (κ3) is 3.43. The molecule has 5 heteroatoms. The second-order valence-corrected chi connectivity index (χ2v) is 5.36. The fraction of sp³-hybridized carbons (Fsp3) is 0.200. The Morgan fingerprint density at radius 3 is 2.55 bits per heavy atom. The average Bonchev–Trinajstić information content (AvgIpc) is 2.45. The van der Waals surface area contributed by atoms with Crippen molar-refractivity contribution in [1.82, 2.24) is 5.32 Å². The molecule has 0 aliphatic rings. The van der Waals surface area contributed by atoms with Crippen molar-refractivity contribution >= 4 is 21.6 Å². The fourth-order valence-electron chi connectivity index (χ4n) is 2.04. The van der Waals surface area contributed by atoms with Crippen LogP contribution < -0.4 is 5.32 Å². The fourth-order valence-corrected chi connectivity index (χ4v) is 2.67. The van der Waals surface area contributed by atoms with Gasteiger partial charge in [0.25, 0.3) is 5.69 Å². The van der Waals surface area contributed by atoms with Crippen LogP contribution in [0.4, 0.5) is 5.69 Å². The van der Waals surface area contributed by atoms with Gasteiger partial charge < -0.3 is 5.32 Å². The van der Waals surface area contributed by atoms with Gasteiger partial charge in [-0.2, -0.15) is 0 Å². The van der Waals surface area contributed by atoms with Gasteiger partial charge in [-0.05, 0) is 18.6 Å². The minimum atomic E-state index is -0.347. The Balaban J connectivity index is 2.10. The summed E-state index contributed by atoms with van der Waals surface area (Å²) in [6.07, 6.45) is 0. The number of halogens is 1. The molecule has 2 rings (SSSR count). The number of nitrogens with one attached hydrogen (secondary N) is 1. The zero-order chi connectivity index (χ0) is 14.5. The predicted molar refractivity (Wildman–Crippen MR) is 82.5 cm³/mol. The lowest BCUT2D eigenvalue weighted by Crippen LogP contribution is -2.19. The number of hydrogen-bond donors (Lipinski definition) is 1. The summed E-state index contributed by atoms with van der Waals surface area (Å²) in [7, 11) is 0. The second kappa shape index (κ2) is 6.63. The average molecular weight is 335 g/mol. The maximum absolute atomic E-state index is 11.0. The van der Waals surface area contributed by atoms with Gasteiger partial charge in [-0.3, -0.25) is 10.1 Å². The molecule has 0 aliphatic heterocycles. The minimum absolute atomic E-state index is 0.102. The summed E-state index contributed by atoms with van der Waals surface area (Å²) in [6.45, 7) is 2.49. The van der Waals surface area contributed by atoms with Crippen molar-refractivity contribution in [3.63, 3.8) is 0 Å². The molecular weight excluding hydrogens is 320 g/mol. The monoisotopic (exact) mass is 334 g/mol. The summed E-state index contributed by atoms with van der Waals surface area (Å²) in [5.74, 6) is 0. The molecule has 1 N–H and O–H groups in total. The van der Waals surface area contributed by atoms with Gasteiger partial charge in [0, 0.05) is 28.7 Å². The van der Waals surface area contributed by atoms with E-state index in [1.807, 2.05) is 37.3 Å². The van der Waals surface area contributed by atoms with Crippen LogP contribution in [-0.2, 0) is 6.54 Å². The second-order valence-electron chi connectivity index (χ2n) is 4.51. The molecule has 0 spiro atoms. The van der Waals surface area contributed by atoms with Gasteiger partial charge in [-0.15, -0.1) is 0 Å². The molecule has 0 radical (unpaired) electrons. The van der Waals surface area contributed by atoms with Crippen LogP contribution in [0.25, 0.3) is 0 Å². The Morgan fingerprint density at radius 2 is 1.85 bits per heavy atom. The number of nitrogens with zero attached hydrogens (tertiary/aromatic N) is 1. The van der Waals surface area contributed by atoms with Crippen LogP contribution in [0, 0.1) is 10.1 Å². The highest BCUT2D eigenvalue weighted by Gasteiger charge is 2.14. The van der Waals surface area contributed by atoms with Crippen molar-refractivity contribution in [2.45, 2.75) is 19.5 Å². The van der Waals surface area contributed by atoms with E-state index in [-0.39, 0.29) is 16.7 Å². The molecule has 1 atom stereocenters. The standard InChI is InChI=1S/C15H15BrN2O2/c1-11(13-7-3-4-8-14(13)16)17-10-12-6-2-5-9-15(12)18(19)20/h2-9,11,17H,10H2,1H3/t11-/m1/s1. The van der Waals surface area contributed by atoms with Gasteiger partial charge in [0.05, 0.1) is 4.92 Å². The van der Waals surface area contributed by atoms with Crippen LogP contribution in [0.3, 0.4) is 0 Å². The minimum Gasteiger partial charge on any atom is -0.306 e. The van der Waals surface area contributed by atoms with Gasteiger partial charge >= 0.3 is 0 Å². The van der Waals surface area contributed by atoms with Crippen molar-refractivity contribution in [2.75, 3.05) is 0 Å². The predicted octanol–water partition coefficient (Wildman–Crippen LogP) is 4.21. The highest BCUT2D eigenvalue weighted by Crippen LogP contribution is 2.24.